The molecule has 1 N–H and O–H groups in total. The fraction of sp³-hybridized carbons (Fsp3) is 0.800. The Hall–Kier alpha value is -0.570. The SMILES string of the molecule is [NH]CC1CCC(=O)O1. The van der Waals surface area contributed by atoms with Crippen LogP contribution in [0.2, 0.25) is 0 Å². The van der Waals surface area contributed by atoms with Crippen molar-refractivity contribution in [2.45, 2.75) is 18.9 Å². The summed E-state index contributed by atoms with van der Waals surface area (Å²) >= 11 is 0. The first-order chi connectivity index (χ1) is 3.83. The van der Waals surface area contributed by atoms with E-state index in [1.54, 1.807) is 0 Å². The van der Waals surface area contributed by atoms with Crippen molar-refractivity contribution in [3.8, 4) is 0 Å². The average molecular weight is 114 g/mol. The number of ether oxygens (including phenoxy) is 1. The van der Waals surface area contributed by atoms with Crippen LogP contribution < -0.4 is 5.73 Å². The highest BCUT2D eigenvalue weighted by Crippen LogP contribution is 2.11. The lowest BCUT2D eigenvalue weighted by Crippen LogP contribution is -2.12. The van der Waals surface area contributed by atoms with E-state index in [9.17, 15) is 4.79 Å². The summed E-state index contributed by atoms with van der Waals surface area (Å²) in [6.07, 6.45) is 1.13. The molecule has 0 aliphatic carbocycles. The monoisotopic (exact) mass is 114 g/mol. The van der Waals surface area contributed by atoms with Crippen LogP contribution in [0.4, 0.5) is 0 Å². The highest BCUT2D eigenvalue weighted by Gasteiger charge is 2.21. The van der Waals surface area contributed by atoms with Gasteiger partial charge in [0.25, 0.3) is 0 Å². The summed E-state index contributed by atoms with van der Waals surface area (Å²) in [4.78, 5) is 10.3. The molecule has 1 saturated heterocycles. The van der Waals surface area contributed by atoms with Crippen LogP contribution in [0, 0.1) is 0 Å². The number of carbonyl (C=O) groups is 1. The molecule has 0 bridgehead atoms. The summed E-state index contributed by atoms with van der Waals surface area (Å²) in [6, 6.07) is 0. The van der Waals surface area contributed by atoms with Crippen molar-refractivity contribution < 1.29 is 9.53 Å². The number of cyclic esters (lactones) is 1. The summed E-state index contributed by atoms with van der Waals surface area (Å²) in [5.41, 5.74) is 6.81. The van der Waals surface area contributed by atoms with E-state index >= 15 is 0 Å². The largest absolute Gasteiger partial charge is 0.461 e. The van der Waals surface area contributed by atoms with Gasteiger partial charge in [-0.2, -0.15) is 0 Å². The van der Waals surface area contributed by atoms with Crippen LogP contribution >= 0.6 is 0 Å². The van der Waals surface area contributed by atoms with Gasteiger partial charge in [-0.1, -0.05) is 0 Å². The maximum absolute atomic E-state index is 10.3. The van der Waals surface area contributed by atoms with Crippen molar-refractivity contribution in [1.82, 2.24) is 5.73 Å². The lowest BCUT2D eigenvalue weighted by molar-refractivity contribution is -0.141. The highest BCUT2D eigenvalue weighted by atomic mass is 16.5. The predicted octanol–water partition coefficient (Wildman–Crippen LogP) is -0.0251. The third kappa shape index (κ3) is 0.980. The van der Waals surface area contributed by atoms with Gasteiger partial charge in [-0.05, 0) is 6.42 Å². The molecule has 1 rings (SSSR count). The fourth-order valence-corrected chi connectivity index (χ4v) is 0.726. The van der Waals surface area contributed by atoms with E-state index < -0.39 is 0 Å². The van der Waals surface area contributed by atoms with Crippen molar-refractivity contribution in [2.75, 3.05) is 6.54 Å². The van der Waals surface area contributed by atoms with Gasteiger partial charge in [-0.25, -0.2) is 0 Å². The molecule has 0 amide bonds. The van der Waals surface area contributed by atoms with E-state index in [0.717, 1.165) is 6.42 Å². The van der Waals surface area contributed by atoms with Crippen LogP contribution in [0.25, 0.3) is 0 Å². The van der Waals surface area contributed by atoms with Crippen LogP contribution in [0.3, 0.4) is 0 Å². The first kappa shape index (κ1) is 5.56. The molecular formula is C5H8NO2. The molecule has 1 aliphatic heterocycles. The highest BCUT2D eigenvalue weighted by molar-refractivity contribution is 5.71. The maximum Gasteiger partial charge on any atom is 0.306 e. The Morgan fingerprint density at radius 1 is 1.88 bits per heavy atom. The van der Waals surface area contributed by atoms with Crippen molar-refractivity contribution in [3.63, 3.8) is 0 Å². The topological polar surface area (TPSA) is 50.1 Å². The van der Waals surface area contributed by atoms with Crippen molar-refractivity contribution in [3.05, 3.63) is 0 Å². The Morgan fingerprint density at radius 2 is 2.62 bits per heavy atom. The van der Waals surface area contributed by atoms with Crippen molar-refractivity contribution in [1.29, 1.82) is 0 Å². The van der Waals surface area contributed by atoms with Gasteiger partial charge in [0.15, 0.2) is 0 Å². The molecule has 45 valence electrons. The van der Waals surface area contributed by atoms with E-state index in [1.165, 1.54) is 0 Å². The molecule has 1 radical (unpaired) electrons. The third-order valence-corrected chi connectivity index (χ3v) is 1.20. The van der Waals surface area contributed by atoms with Gasteiger partial charge in [0.05, 0.1) is 0 Å². The van der Waals surface area contributed by atoms with Crippen LogP contribution in [0.5, 0.6) is 0 Å². The molecule has 8 heavy (non-hydrogen) atoms. The van der Waals surface area contributed by atoms with Crippen LogP contribution in [-0.4, -0.2) is 18.6 Å². The second kappa shape index (κ2) is 2.13. The number of nitrogens with one attached hydrogen (secondary N) is 1. The normalized spacial score (nSPS) is 28.1. The fourth-order valence-electron chi connectivity index (χ4n) is 0.726. The molecule has 1 unspecified atom stereocenters. The second-order valence-corrected chi connectivity index (χ2v) is 1.85. The van der Waals surface area contributed by atoms with Gasteiger partial charge in [-0.15, -0.1) is 0 Å². The summed E-state index contributed by atoms with van der Waals surface area (Å²) in [5, 5.41) is 0. The first-order valence-corrected chi connectivity index (χ1v) is 2.67. The smallest absolute Gasteiger partial charge is 0.306 e. The van der Waals surface area contributed by atoms with E-state index in [-0.39, 0.29) is 18.6 Å². The lowest BCUT2D eigenvalue weighted by atomic mass is 10.2. The zero-order valence-electron chi connectivity index (χ0n) is 4.52. The van der Waals surface area contributed by atoms with Crippen LogP contribution in [0.1, 0.15) is 12.8 Å². The molecule has 1 atom stereocenters. The van der Waals surface area contributed by atoms with Gasteiger partial charge in [-0.3, -0.25) is 10.5 Å². The van der Waals surface area contributed by atoms with Gasteiger partial charge in [0, 0.05) is 13.0 Å². The molecule has 0 saturated carbocycles. The number of hydrogen-bond acceptors (Lipinski definition) is 2. The Bertz CT molecular complexity index is 103. The van der Waals surface area contributed by atoms with Gasteiger partial charge < -0.3 is 4.74 Å². The molecule has 0 aromatic rings. The molecule has 0 aromatic carbocycles. The zero-order valence-corrected chi connectivity index (χ0v) is 4.52. The standard InChI is InChI=1S/C5H8NO2/c6-3-4-1-2-5(7)8-4/h4,6H,1-3H2. The second-order valence-electron chi connectivity index (χ2n) is 1.85. The maximum atomic E-state index is 10.3. The summed E-state index contributed by atoms with van der Waals surface area (Å²) < 4.78 is 4.68. The molecule has 0 aromatic heterocycles. The lowest BCUT2D eigenvalue weighted by Gasteiger charge is -2.01. The van der Waals surface area contributed by atoms with Gasteiger partial charge in [0.1, 0.15) is 6.10 Å². The Morgan fingerprint density at radius 3 is 2.88 bits per heavy atom. The Balaban J connectivity index is 2.32. The summed E-state index contributed by atoms with van der Waals surface area (Å²) in [5.74, 6) is -0.151. The third-order valence-electron chi connectivity index (χ3n) is 1.20. The van der Waals surface area contributed by atoms with Crippen LogP contribution in [0.15, 0.2) is 0 Å². The molecule has 1 heterocycles. The van der Waals surface area contributed by atoms with Gasteiger partial charge in [0.2, 0.25) is 0 Å². The Kier molecular flexibility index (Phi) is 1.48. The molecule has 0 spiro atoms. The minimum atomic E-state index is -0.151. The number of esters is 1. The predicted molar refractivity (Wildman–Crippen MR) is 27.1 cm³/mol. The summed E-state index contributed by atoms with van der Waals surface area (Å²) in [7, 11) is 0. The molecule has 3 nitrogen and oxygen atoms in total. The van der Waals surface area contributed by atoms with E-state index in [4.69, 9.17) is 5.73 Å². The number of carbonyl (C=O) groups excluding carboxylic acids is 1. The molecule has 3 heteroatoms. The van der Waals surface area contributed by atoms with E-state index in [2.05, 4.69) is 4.74 Å². The Labute approximate surface area is 47.8 Å². The van der Waals surface area contributed by atoms with Crippen molar-refractivity contribution >= 4 is 5.97 Å². The number of rotatable bonds is 1. The van der Waals surface area contributed by atoms with E-state index in [0.29, 0.717) is 6.42 Å². The summed E-state index contributed by atoms with van der Waals surface area (Å²) in [6.45, 7) is 0.214. The molecular weight excluding hydrogens is 106 g/mol. The van der Waals surface area contributed by atoms with Crippen LogP contribution in [-0.2, 0) is 9.53 Å². The molecule has 1 fully saturated rings. The van der Waals surface area contributed by atoms with E-state index in [1.807, 2.05) is 0 Å². The van der Waals surface area contributed by atoms with Crippen molar-refractivity contribution in [2.24, 2.45) is 0 Å². The average Bonchev–Trinajstić information content (AvgIpc) is 2.14. The minimum Gasteiger partial charge on any atom is -0.461 e. The zero-order chi connectivity index (χ0) is 5.98. The quantitative estimate of drug-likeness (QED) is 0.449. The first-order valence-electron chi connectivity index (χ1n) is 2.67. The molecule has 1 aliphatic rings. The number of hydrogen-bond donors (Lipinski definition) is 0. The van der Waals surface area contributed by atoms with Gasteiger partial charge >= 0.3 is 5.97 Å². The minimum absolute atomic E-state index is 0.109.